The third kappa shape index (κ3) is 3.75. The van der Waals surface area contributed by atoms with Gasteiger partial charge in [0.05, 0.1) is 0 Å². The Morgan fingerprint density at radius 3 is 2.50 bits per heavy atom. The van der Waals surface area contributed by atoms with Crippen LogP contribution in [0.3, 0.4) is 0 Å². The van der Waals surface area contributed by atoms with E-state index in [2.05, 4.69) is 54.1 Å². The van der Waals surface area contributed by atoms with Crippen molar-refractivity contribution >= 4 is 5.91 Å². The van der Waals surface area contributed by atoms with E-state index in [9.17, 15) is 4.79 Å². The highest BCUT2D eigenvalue weighted by atomic mass is 16.1. The number of aryl methyl sites for hydroxylation is 2. The molecule has 1 aliphatic carbocycles. The number of nitrogens with zero attached hydrogens (tertiary/aromatic N) is 1. The summed E-state index contributed by atoms with van der Waals surface area (Å²) in [6.07, 6.45) is 4.87. The third-order valence-electron chi connectivity index (χ3n) is 5.81. The van der Waals surface area contributed by atoms with Crippen molar-refractivity contribution in [3.05, 3.63) is 88.7 Å². The molecule has 1 amide bonds. The van der Waals surface area contributed by atoms with Crippen LogP contribution >= 0.6 is 0 Å². The fourth-order valence-corrected chi connectivity index (χ4v) is 4.22. The van der Waals surface area contributed by atoms with Crippen LogP contribution in [0.2, 0.25) is 0 Å². The molecule has 1 aromatic heterocycles. The molecule has 2 aromatic carbocycles. The van der Waals surface area contributed by atoms with Gasteiger partial charge in [-0.1, -0.05) is 37.3 Å². The van der Waals surface area contributed by atoms with Gasteiger partial charge >= 0.3 is 0 Å². The van der Waals surface area contributed by atoms with Crippen LogP contribution in [0.4, 0.5) is 0 Å². The van der Waals surface area contributed by atoms with Crippen molar-refractivity contribution in [1.29, 1.82) is 0 Å². The zero-order chi connectivity index (χ0) is 19.5. The second-order valence-corrected chi connectivity index (χ2v) is 7.87. The molecule has 28 heavy (non-hydrogen) atoms. The monoisotopic (exact) mass is 372 g/mol. The van der Waals surface area contributed by atoms with Crippen LogP contribution in [-0.4, -0.2) is 17.0 Å². The molecule has 144 valence electrons. The number of benzene rings is 2. The topological polar surface area (TPSA) is 34.0 Å². The van der Waals surface area contributed by atoms with E-state index in [1.54, 1.807) is 0 Å². The lowest BCUT2D eigenvalue weighted by Crippen LogP contribution is -2.27. The number of hydrogen-bond donors (Lipinski definition) is 1. The molecule has 0 saturated heterocycles. The fraction of sp³-hybridized carbons (Fsp3) is 0.320. The zero-order valence-corrected chi connectivity index (χ0v) is 16.7. The van der Waals surface area contributed by atoms with Crippen LogP contribution in [0.5, 0.6) is 0 Å². The predicted molar refractivity (Wildman–Crippen MR) is 114 cm³/mol. The minimum absolute atomic E-state index is 0.0133. The molecule has 0 aliphatic heterocycles. The van der Waals surface area contributed by atoms with Crippen molar-refractivity contribution in [3.8, 4) is 5.69 Å². The Balaban J connectivity index is 1.45. The Bertz CT molecular complexity index is 954. The number of hydrogen-bond acceptors (Lipinski definition) is 1. The van der Waals surface area contributed by atoms with Gasteiger partial charge in [0.2, 0.25) is 0 Å². The molecule has 3 nitrogen and oxygen atoms in total. The van der Waals surface area contributed by atoms with Gasteiger partial charge in [-0.3, -0.25) is 4.79 Å². The van der Waals surface area contributed by atoms with E-state index in [0.717, 1.165) is 12.1 Å². The van der Waals surface area contributed by atoms with Crippen molar-refractivity contribution in [1.82, 2.24) is 9.88 Å². The van der Waals surface area contributed by atoms with E-state index in [-0.39, 0.29) is 5.91 Å². The smallest absolute Gasteiger partial charge is 0.251 e. The first-order chi connectivity index (χ1) is 13.6. The molecule has 4 rings (SSSR count). The van der Waals surface area contributed by atoms with Gasteiger partial charge in [-0.15, -0.1) is 0 Å². The number of aromatic nitrogens is 1. The van der Waals surface area contributed by atoms with Gasteiger partial charge in [0.25, 0.3) is 5.91 Å². The molecule has 0 radical (unpaired) electrons. The normalized spacial score (nSPS) is 14.4. The highest BCUT2D eigenvalue weighted by molar-refractivity contribution is 5.94. The average molecular weight is 373 g/mol. The summed E-state index contributed by atoms with van der Waals surface area (Å²) >= 11 is 0. The van der Waals surface area contributed by atoms with Crippen LogP contribution in [-0.2, 0) is 12.8 Å². The lowest BCUT2D eigenvalue weighted by molar-refractivity contribution is 0.0951. The van der Waals surface area contributed by atoms with Gasteiger partial charge in [-0.2, -0.15) is 0 Å². The molecule has 3 aromatic rings. The molecule has 0 spiro atoms. The van der Waals surface area contributed by atoms with Gasteiger partial charge in [0.1, 0.15) is 0 Å². The molecular formula is C25H28N2O. The van der Waals surface area contributed by atoms with Gasteiger partial charge in [0, 0.05) is 29.2 Å². The number of nitrogens with one attached hydrogen (secondary N) is 1. The largest absolute Gasteiger partial charge is 0.351 e. The molecular weight excluding hydrogens is 344 g/mol. The third-order valence-corrected chi connectivity index (χ3v) is 5.81. The SMILES string of the molecule is Cc1cc2c(n1-c1ccc(C(=O)NC[C@H](C)c3ccccc3)cc1)CCCC2. The van der Waals surface area contributed by atoms with Gasteiger partial charge in [-0.05, 0) is 80.0 Å². The maximum atomic E-state index is 12.6. The quantitative estimate of drug-likeness (QED) is 0.656. The highest BCUT2D eigenvalue weighted by Gasteiger charge is 2.17. The number of rotatable bonds is 5. The molecule has 1 atom stereocenters. The number of carbonyl (C=O) groups excluding carboxylic acids is 1. The standard InChI is InChI=1S/C25H28N2O/c1-18(20-8-4-3-5-9-20)17-26-25(28)21-12-14-23(15-13-21)27-19(2)16-22-10-6-7-11-24(22)27/h3-5,8-9,12-16,18H,6-7,10-11,17H2,1-2H3,(H,26,28)/t18-/m0/s1. The van der Waals surface area contributed by atoms with Crippen LogP contribution in [0.25, 0.3) is 5.69 Å². The Morgan fingerprint density at radius 1 is 1.04 bits per heavy atom. The molecule has 1 aliphatic rings. The summed E-state index contributed by atoms with van der Waals surface area (Å²) in [7, 11) is 0. The van der Waals surface area contributed by atoms with E-state index < -0.39 is 0 Å². The van der Waals surface area contributed by atoms with Crippen molar-refractivity contribution in [2.24, 2.45) is 0 Å². The fourth-order valence-electron chi connectivity index (χ4n) is 4.22. The van der Waals surface area contributed by atoms with Crippen molar-refractivity contribution in [3.63, 3.8) is 0 Å². The minimum Gasteiger partial charge on any atom is -0.351 e. The Morgan fingerprint density at radius 2 is 1.75 bits per heavy atom. The first-order valence-corrected chi connectivity index (χ1v) is 10.3. The van der Waals surface area contributed by atoms with E-state index in [4.69, 9.17) is 0 Å². The lowest BCUT2D eigenvalue weighted by atomic mass is 9.98. The number of fused-ring (bicyclic) bond motifs is 1. The Labute approximate surface area is 167 Å². The summed E-state index contributed by atoms with van der Waals surface area (Å²) in [6.45, 7) is 4.94. The van der Waals surface area contributed by atoms with Crippen molar-refractivity contribution in [2.75, 3.05) is 6.54 Å². The van der Waals surface area contributed by atoms with Crippen LogP contribution in [0, 0.1) is 6.92 Å². The Kier molecular flexibility index (Phi) is 5.34. The number of carbonyl (C=O) groups is 1. The minimum atomic E-state index is -0.0133. The highest BCUT2D eigenvalue weighted by Crippen LogP contribution is 2.28. The summed E-state index contributed by atoms with van der Waals surface area (Å²) in [5.74, 6) is 0.277. The van der Waals surface area contributed by atoms with Gasteiger partial charge in [0.15, 0.2) is 0 Å². The molecule has 0 unspecified atom stereocenters. The molecule has 0 fully saturated rings. The second kappa shape index (κ2) is 8.05. The molecule has 3 heteroatoms. The van der Waals surface area contributed by atoms with E-state index in [1.165, 1.54) is 41.8 Å². The summed E-state index contributed by atoms with van der Waals surface area (Å²) in [5.41, 5.74) is 7.31. The molecule has 0 bridgehead atoms. The summed E-state index contributed by atoms with van der Waals surface area (Å²) < 4.78 is 2.35. The maximum Gasteiger partial charge on any atom is 0.251 e. The number of amides is 1. The van der Waals surface area contributed by atoms with Crippen LogP contribution in [0.15, 0.2) is 60.7 Å². The van der Waals surface area contributed by atoms with Crippen molar-refractivity contribution in [2.45, 2.75) is 45.4 Å². The first kappa shape index (κ1) is 18.5. The summed E-state index contributed by atoms with van der Waals surface area (Å²) in [4.78, 5) is 12.6. The van der Waals surface area contributed by atoms with Crippen LogP contribution in [0.1, 0.15) is 58.6 Å². The average Bonchev–Trinajstić information content (AvgIpc) is 3.08. The first-order valence-electron chi connectivity index (χ1n) is 10.3. The molecule has 1 heterocycles. The van der Waals surface area contributed by atoms with E-state index in [0.29, 0.717) is 18.0 Å². The lowest BCUT2D eigenvalue weighted by Gasteiger charge is -2.17. The molecule has 1 N–H and O–H groups in total. The predicted octanol–water partition coefficient (Wildman–Crippen LogP) is 5.20. The summed E-state index contributed by atoms with van der Waals surface area (Å²) in [5, 5.41) is 3.07. The van der Waals surface area contributed by atoms with Gasteiger partial charge in [-0.25, -0.2) is 0 Å². The summed E-state index contributed by atoms with van der Waals surface area (Å²) in [6, 6.07) is 20.6. The van der Waals surface area contributed by atoms with Crippen molar-refractivity contribution < 1.29 is 4.79 Å². The Hall–Kier alpha value is -2.81. The molecule has 0 saturated carbocycles. The van der Waals surface area contributed by atoms with E-state index >= 15 is 0 Å². The van der Waals surface area contributed by atoms with Crippen LogP contribution < -0.4 is 5.32 Å². The second-order valence-electron chi connectivity index (χ2n) is 7.87. The van der Waals surface area contributed by atoms with Gasteiger partial charge < -0.3 is 9.88 Å². The van der Waals surface area contributed by atoms with E-state index in [1.807, 2.05) is 30.3 Å². The zero-order valence-electron chi connectivity index (χ0n) is 16.7. The maximum absolute atomic E-state index is 12.6.